The Balaban J connectivity index is 0.000000444. The fourth-order valence-corrected chi connectivity index (χ4v) is 4.57. The minimum atomic E-state index is -4.46. The normalized spacial score (nSPS) is 11.7. The number of ketones is 1. The predicted molar refractivity (Wildman–Crippen MR) is 143 cm³/mol. The average Bonchev–Trinajstić information content (AvgIpc) is 2.81. The van der Waals surface area contributed by atoms with Crippen molar-refractivity contribution in [3.05, 3.63) is 101 Å². The number of benzene rings is 4. The molecule has 1 heterocycles. The van der Waals surface area contributed by atoms with Crippen molar-refractivity contribution in [1.29, 1.82) is 0 Å². The fourth-order valence-electron chi connectivity index (χ4n) is 4.57. The molecule has 5 rings (SSSR count). The van der Waals surface area contributed by atoms with E-state index in [0.717, 1.165) is 33.2 Å². The van der Waals surface area contributed by atoms with Gasteiger partial charge in [0.05, 0.1) is 5.76 Å². The zero-order valence-electron chi connectivity index (χ0n) is 21.2. The van der Waals surface area contributed by atoms with Crippen molar-refractivity contribution < 1.29 is 43.2 Å². The molecule has 0 saturated carbocycles. The van der Waals surface area contributed by atoms with Gasteiger partial charge in [0.25, 0.3) is 0 Å². The van der Waals surface area contributed by atoms with Crippen molar-refractivity contribution in [3.8, 4) is 11.3 Å². The van der Waals surface area contributed by atoms with Crippen LogP contribution in [0.4, 0.5) is 13.2 Å². The second-order valence-corrected chi connectivity index (χ2v) is 9.03. The van der Waals surface area contributed by atoms with Crippen molar-refractivity contribution in [2.24, 2.45) is 0 Å². The zero-order chi connectivity index (χ0) is 26.9. The number of allylic oxidation sites excluding steroid dienone is 2. The van der Waals surface area contributed by atoms with Crippen molar-refractivity contribution in [3.63, 3.8) is 0 Å². The third kappa shape index (κ3) is 6.12. The molecule has 0 spiro atoms. The van der Waals surface area contributed by atoms with Crippen LogP contribution in [0.2, 0.25) is 0 Å². The fraction of sp³-hybridized carbons (Fsp3) is 0.161. The predicted octanol–water partition coefficient (Wildman–Crippen LogP) is 8.68. The van der Waals surface area contributed by atoms with Crippen LogP contribution in [0.15, 0.2) is 78.7 Å². The summed E-state index contributed by atoms with van der Waals surface area (Å²) in [5, 5.41) is 12.9. The maximum Gasteiger partial charge on any atom is 0.403 e. The average molecular weight is 693 g/mol. The van der Waals surface area contributed by atoms with Gasteiger partial charge < -0.3 is 5.11 Å². The van der Waals surface area contributed by atoms with Crippen LogP contribution in [-0.2, 0) is 31.1 Å². The molecule has 0 atom stereocenters. The number of aromatic nitrogens is 1. The largest absolute Gasteiger partial charge is 0.512 e. The van der Waals surface area contributed by atoms with E-state index in [1.807, 2.05) is 25.1 Å². The summed E-state index contributed by atoms with van der Waals surface area (Å²) in [6.07, 6.45) is -1.64. The topological polar surface area (TPSA) is 50.2 Å². The first-order chi connectivity index (χ1) is 17.5. The smallest absolute Gasteiger partial charge is 0.403 e. The van der Waals surface area contributed by atoms with E-state index in [1.54, 1.807) is 24.4 Å². The number of fused-ring (bicyclic) bond motifs is 4. The van der Waals surface area contributed by atoms with Crippen molar-refractivity contribution in [2.75, 3.05) is 0 Å². The van der Waals surface area contributed by atoms with Crippen molar-refractivity contribution in [1.82, 2.24) is 4.98 Å². The molecule has 0 saturated heterocycles. The van der Waals surface area contributed by atoms with Crippen LogP contribution in [0.3, 0.4) is 0 Å². The number of aliphatic hydroxyl groups is 1. The molecule has 3 nitrogen and oxygen atoms in total. The maximum atomic E-state index is 13.8. The van der Waals surface area contributed by atoms with Gasteiger partial charge in [-0.3, -0.25) is 9.78 Å². The molecule has 0 aliphatic heterocycles. The van der Waals surface area contributed by atoms with E-state index >= 15 is 0 Å². The summed E-state index contributed by atoms with van der Waals surface area (Å²) in [6, 6.07) is 20.9. The van der Waals surface area contributed by atoms with Crippen LogP contribution in [0, 0.1) is 19.9 Å². The number of carbonyl (C=O) groups is 1. The molecule has 5 aromatic rings. The van der Waals surface area contributed by atoms with Gasteiger partial charge in [-0.15, -0.1) is 23.6 Å². The molecule has 4 aromatic carbocycles. The molecule has 0 bridgehead atoms. The first-order valence-corrected chi connectivity index (χ1v) is 11.6. The van der Waals surface area contributed by atoms with Crippen molar-refractivity contribution in [2.45, 2.75) is 33.9 Å². The van der Waals surface area contributed by atoms with E-state index < -0.39 is 11.7 Å². The molecule has 1 radical (unpaired) electrons. The summed E-state index contributed by atoms with van der Waals surface area (Å²) < 4.78 is 41.4. The van der Waals surface area contributed by atoms with Gasteiger partial charge in [-0.25, -0.2) is 0 Å². The van der Waals surface area contributed by atoms with Gasteiger partial charge in [0.1, 0.15) is 0 Å². The molecule has 38 heavy (non-hydrogen) atoms. The van der Waals surface area contributed by atoms with Gasteiger partial charge in [0.2, 0.25) is 0 Å². The van der Waals surface area contributed by atoms with Gasteiger partial charge in [0.15, 0.2) is 5.78 Å². The number of hydrogen-bond donors (Lipinski definition) is 1. The summed E-state index contributed by atoms with van der Waals surface area (Å²) in [5.41, 5.74) is 2.49. The Morgan fingerprint density at radius 2 is 1.58 bits per heavy atom. The van der Waals surface area contributed by atoms with E-state index in [-0.39, 0.29) is 37.0 Å². The van der Waals surface area contributed by atoms with Gasteiger partial charge in [0, 0.05) is 38.1 Å². The van der Waals surface area contributed by atoms with Crippen LogP contribution < -0.4 is 0 Å². The number of alkyl halides is 3. The summed E-state index contributed by atoms with van der Waals surface area (Å²) >= 11 is 0. The molecule has 7 heteroatoms. The van der Waals surface area contributed by atoms with E-state index in [2.05, 4.69) is 30.1 Å². The first-order valence-electron chi connectivity index (χ1n) is 11.6. The second kappa shape index (κ2) is 11.5. The third-order valence-electron chi connectivity index (χ3n) is 5.98. The minimum absolute atomic E-state index is 0. The van der Waals surface area contributed by atoms with Crippen LogP contribution >= 0.6 is 0 Å². The second-order valence-electron chi connectivity index (χ2n) is 9.03. The van der Waals surface area contributed by atoms with E-state index in [4.69, 9.17) is 5.11 Å². The Hall–Kier alpha value is -3.54. The van der Waals surface area contributed by atoms with Crippen LogP contribution in [0.25, 0.3) is 43.6 Å². The number of pyridine rings is 1. The summed E-state index contributed by atoms with van der Waals surface area (Å²) in [7, 11) is 0. The molecule has 1 N–H and O–H groups in total. The molecular formula is C31H25F3IrNO2-. The van der Waals surface area contributed by atoms with E-state index in [9.17, 15) is 18.0 Å². The molecule has 0 aliphatic rings. The van der Waals surface area contributed by atoms with Gasteiger partial charge in [-0.2, -0.15) is 13.2 Å². The number of halogens is 3. The molecular weight excluding hydrogens is 668 g/mol. The molecule has 0 fully saturated rings. The van der Waals surface area contributed by atoms with Gasteiger partial charge in [-0.05, 0) is 66.4 Å². The summed E-state index contributed by atoms with van der Waals surface area (Å²) in [6.45, 7) is 6.96. The monoisotopic (exact) mass is 693 g/mol. The molecule has 0 unspecified atom stereocenters. The van der Waals surface area contributed by atoms with Crippen molar-refractivity contribution >= 4 is 38.1 Å². The number of hydrogen-bond acceptors (Lipinski definition) is 3. The standard InChI is InChI=1S/C26H17F3N.C5H8O2.Ir/c1-15-11-16(2)19-7-8-22-21(23(19)12-15)9-10-30-25(22)18-13-17-5-3-4-6-20(17)24(14-18)26(27,28)29;1-4(6)3-5(2)7;/h3-12,14H,1-2H3;3,6H,1-2H3;/q-1;;/b;4-3-;. The van der Waals surface area contributed by atoms with Gasteiger partial charge >= 0.3 is 6.18 Å². The number of aryl methyl sites for hydroxylation is 2. The minimum Gasteiger partial charge on any atom is -0.512 e. The third-order valence-corrected chi connectivity index (χ3v) is 5.98. The Kier molecular flexibility index (Phi) is 8.75. The Morgan fingerprint density at radius 1 is 0.895 bits per heavy atom. The summed E-state index contributed by atoms with van der Waals surface area (Å²) in [5.74, 6) is -0.0625. The van der Waals surface area contributed by atoms with Crippen LogP contribution in [0.1, 0.15) is 30.5 Å². The number of aliphatic hydroxyl groups excluding tert-OH is 1. The quantitative estimate of drug-likeness (QED) is 0.0872. The molecule has 197 valence electrons. The number of nitrogens with zero attached hydrogens (tertiary/aromatic N) is 1. The first kappa shape index (κ1) is 29.0. The van der Waals surface area contributed by atoms with Crippen LogP contribution in [0.5, 0.6) is 0 Å². The maximum absolute atomic E-state index is 13.8. The van der Waals surface area contributed by atoms with E-state index in [1.165, 1.54) is 31.6 Å². The van der Waals surface area contributed by atoms with Gasteiger partial charge in [-0.1, -0.05) is 59.0 Å². The SMILES string of the molecule is CC(=O)/C=C(/C)O.Cc1cc(C)c2ccc3c(-c4[c-]c5ccccc5c(C(F)(F)F)c4)nccc3c2c1.[Ir]. The Bertz CT molecular complexity index is 1690. The number of rotatable bonds is 2. The molecule has 0 aliphatic carbocycles. The Labute approximate surface area is 232 Å². The summed E-state index contributed by atoms with van der Waals surface area (Å²) in [4.78, 5) is 14.5. The van der Waals surface area contributed by atoms with Crippen LogP contribution in [-0.4, -0.2) is 15.9 Å². The number of carbonyl (C=O) groups excluding carboxylic acids is 1. The molecule has 0 amide bonds. The van der Waals surface area contributed by atoms with E-state index in [0.29, 0.717) is 16.6 Å². The molecule has 1 aromatic heterocycles. The Morgan fingerprint density at radius 3 is 2.21 bits per heavy atom. The zero-order valence-corrected chi connectivity index (χ0v) is 23.6.